The number of hydrogen-bond acceptors (Lipinski definition) is 7. The number of carbonyl (C=O) groups is 1. The second kappa shape index (κ2) is 8.94. The van der Waals surface area contributed by atoms with Crippen molar-refractivity contribution in [3.05, 3.63) is 72.6 Å². The summed E-state index contributed by atoms with van der Waals surface area (Å²) in [5.74, 6) is 1.01. The molecule has 1 amide bonds. The van der Waals surface area contributed by atoms with Crippen LogP contribution >= 0.6 is 18.5 Å². The second-order valence-corrected chi connectivity index (χ2v) is 11.5. The molecule has 4 rings (SSSR count). The van der Waals surface area contributed by atoms with Crippen LogP contribution in [0.25, 0.3) is 10.2 Å². The van der Waals surface area contributed by atoms with Gasteiger partial charge in [-0.1, -0.05) is 12.6 Å². The van der Waals surface area contributed by atoms with Crippen molar-refractivity contribution in [3.8, 4) is 11.6 Å². The van der Waals surface area contributed by atoms with E-state index in [1.54, 1.807) is 37.6 Å². The molecule has 9 heteroatoms. The minimum absolute atomic E-state index is 0.301. The van der Waals surface area contributed by atoms with Crippen molar-refractivity contribution >= 4 is 57.2 Å². The maximum absolute atomic E-state index is 12.2. The summed E-state index contributed by atoms with van der Waals surface area (Å²) < 4.78 is 19.1. The number of nitrogens with one attached hydrogen (secondary N) is 2. The molecular weight excluding hydrogens is 443 g/mol. The topological polar surface area (TPSA) is 93.2 Å². The summed E-state index contributed by atoms with van der Waals surface area (Å²) in [4.78, 5) is 20.7. The Bertz CT molecular complexity index is 1350. The summed E-state index contributed by atoms with van der Waals surface area (Å²) in [6, 6.07) is 16.3. The lowest BCUT2D eigenvalue weighted by molar-refractivity contribution is -0.111. The van der Waals surface area contributed by atoms with E-state index in [9.17, 15) is 9.36 Å². The fraction of sp³-hybridized carbons (Fsp3) is 0.0870. The molecule has 0 saturated carbocycles. The highest BCUT2D eigenvalue weighted by Gasteiger charge is 2.14. The highest BCUT2D eigenvalue weighted by molar-refractivity contribution is 7.70. The van der Waals surface area contributed by atoms with E-state index in [0.29, 0.717) is 23.3 Å². The molecule has 0 aliphatic carbocycles. The van der Waals surface area contributed by atoms with Crippen molar-refractivity contribution in [2.45, 2.75) is 0 Å². The molecule has 0 aliphatic rings. The summed E-state index contributed by atoms with van der Waals surface area (Å²) in [5, 5.41) is 8.62. The molecule has 0 aliphatic heterocycles. The van der Waals surface area contributed by atoms with Crippen LogP contribution in [0.3, 0.4) is 0 Å². The van der Waals surface area contributed by atoms with E-state index in [4.69, 9.17) is 4.74 Å². The average Bonchev–Trinajstić information content (AvgIpc) is 3.23. The van der Waals surface area contributed by atoms with Gasteiger partial charge in [-0.05, 0) is 67.3 Å². The van der Waals surface area contributed by atoms with Gasteiger partial charge in [0.1, 0.15) is 17.6 Å². The number of fused-ring (bicyclic) bond motifs is 1. The van der Waals surface area contributed by atoms with Crippen LogP contribution in [0.4, 0.5) is 17.3 Å². The molecule has 2 N–H and O–H groups in total. The fourth-order valence-electron chi connectivity index (χ4n) is 2.94. The first kappa shape index (κ1) is 21.7. The van der Waals surface area contributed by atoms with E-state index in [1.807, 2.05) is 35.7 Å². The molecule has 2 heterocycles. The normalized spacial score (nSPS) is 11.2. The van der Waals surface area contributed by atoms with Gasteiger partial charge in [0.25, 0.3) is 0 Å². The van der Waals surface area contributed by atoms with Gasteiger partial charge in [0.2, 0.25) is 17.7 Å². The first-order valence-corrected chi connectivity index (χ1v) is 13.2. The van der Waals surface area contributed by atoms with Gasteiger partial charge in [-0.3, -0.25) is 4.79 Å². The highest BCUT2D eigenvalue weighted by Crippen LogP contribution is 2.36. The summed E-state index contributed by atoms with van der Waals surface area (Å²) in [6.45, 7) is 6.94. The average molecular weight is 464 g/mol. The van der Waals surface area contributed by atoms with Crippen molar-refractivity contribution in [1.29, 1.82) is 0 Å². The maximum atomic E-state index is 12.2. The van der Waals surface area contributed by atoms with Crippen molar-refractivity contribution < 1.29 is 14.1 Å². The molecule has 2 aromatic heterocycles. The monoisotopic (exact) mass is 464 g/mol. The number of nitrogens with zero attached hydrogens (tertiary/aromatic N) is 2. The lowest BCUT2D eigenvalue weighted by Crippen LogP contribution is -2.07. The van der Waals surface area contributed by atoms with Gasteiger partial charge in [0.15, 0.2) is 0 Å². The summed E-state index contributed by atoms with van der Waals surface area (Å²) >= 11 is 1.48. The minimum atomic E-state index is -2.32. The van der Waals surface area contributed by atoms with Crippen molar-refractivity contribution in [3.63, 3.8) is 0 Å². The molecule has 7 nitrogen and oxygen atoms in total. The first-order valence-electron chi connectivity index (χ1n) is 9.71. The number of aromatic nitrogens is 2. The molecular formula is C23H21N4O3PS. The Labute approximate surface area is 189 Å². The molecule has 4 aromatic rings. The molecule has 0 saturated heterocycles. The van der Waals surface area contributed by atoms with Crippen LogP contribution in [0, 0.1) is 0 Å². The third-order valence-corrected chi connectivity index (χ3v) is 6.95. The predicted octanol–water partition coefficient (Wildman–Crippen LogP) is 5.60. The first-order chi connectivity index (χ1) is 15.3. The molecule has 32 heavy (non-hydrogen) atoms. The number of thiophene rings is 1. The van der Waals surface area contributed by atoms with Crippen molar-refractivity contribution in [2.24, 2.45) is 0 Å². The number of hydrogen-bond donors (Lipinski definition) is 2. The van der Waals surface area contributed by atoms with Crippen LogP contribution in [0.15, 0.2) is 72.6 Å². The zero-order valence-corrected chi connectivity index (χ0v) is 19.2. The van der Waals surface area contributed by atoms with Gasteiger partial charge in [-0.25, -0.2) is 4.98 Å². The third kappa shape index (κ3) is 5.04. The molecule has 0 unspecified atom stereocenters. The van der Waals surface area contributed by atoms with E-state index in [2.05, 4.69) is 27.2 Å². The number of anilines is 3. The van der Waals surface area contributed by atoms with Gasteiger partial charge in [-0.2, -0.15) is 4.98 Å². The lowest BCUT2D eigenvalue weighted by atomic mass is 10.3. The zero-order chi connectivity index (χ0) is 22.7. The second-order valence-electron chi connectivity index (χ2n) is 7.33. The Balaban J connectivity index is 1.61. The van der Waals surface area contributed by atoms with E-state index >= 15 is 0 Å². The van der Waals surface area contributed by atoms with E-state index in [1.165, 1.54) is 17.4 Å². The molecule has 0 spiro atoms. The van der Waals surface area contributed by atoms with E-state index in [-0.39, 0.29) is 5.91 Å². The highest BCUT2D eigenvalue weighted by atomic mass is 32.1. The smallest absolute Gasteiger partial charge is 0.247 e. The SMILES string of the molecule is C=CC(=O)Nc1cccc(Oc2nc(Nc3ccc(P(C)(C)=O)cc3)nc3ccsc23)c1. The van der Waals surface area contributed by atoms with Crippen LogP contribution in [0.1, 0.15) is 0 Å². The molecule has 162 valence electrons. The molecule has 0 radical (unpaired) electrons. The number of benzene rings is 2. The van der Waals surface area contributed by atoms with E-state index < -0.39 is 7.14 Å². The molecule has 0 atom stereocenters. The summed E-state index contributed by atoms with van der Waals surface area (Å²) in [6.07, 6.45) is 1.21. The Morgan fingerprint density at radius 3 is 2.59 bits per heavy atom. The molecule has 0 bridgehead atoms. The Kier molecular flexibility index (Phi) is 6.08. The van der Waals surface area contributed by atoms with Crippen molar-refractivity contribution in [2.75, 3.05) is 24.0 Å². The predicted molar refractivity (Wildman–Crippen MR) is 132 cm³/mol. The van der Waals surface area contributed by atoms with Crippen molar-refractivity contribution in [1.82, 2.24) is 9.97 Å². The largest absolute Gasteiger partial charge is 0.437 e. The minimum Gasteiger partial charge on any atom is -0.437 e. The number of ether oxygens (including phenoxy) is 1. The van der Waals surface area contributed by atoms with Gasteiger partial charge in [0.05, 0.1) is 5.52 Å². The van der Waals surface area contributed by atoms with Crippen LogP contribution in [-0.2, 0) is 9.36 Å². The molecule has 0 fully saturated rings. The third-order valence-electron chi connectivity index (χ3n) is 4.52. The van der Waals surface area contributed by atoms with E-state index in [0.717, 1.165) is 21.2 Å². The standard InChI is InChI=1S/C23H21N4O3PS/c1-4-20(28)24-16-6-5-7-17(14-16)30-22-21-19(12-13-32-21)26-23(27-22)25-15-8-10-18(11-9-15)31(2,3)29/h4-14H,1H2,2-3H3,(H,24,28)(H,25,26,27). The van der Waals surface area contributed by atoms with Crippen LogP contribution in [0.5, 0.6) is 11.6 Å². The summed E-state index contributed by atoms with van der Waals surface area (Å²) in [7, 11) is -2.32. The van der Waals surface area contributed by atoms with Crippen LogP contribution < -0.4 is 20.7 Å². The number of rotatable bonds is 7. The van der Waals surface area contributed by atoms with Gasteiger partial charge < -0.3 is 19.9 Å². The number of amides is 1. The Hall–Kier alpha value is -3.48. The Morgan fingerprint density at radius 2 is 1.88 bits per heavy atom. The fourth-order valence-corrected chi connectivity index (χ4v) is 4.56. The zero-order valence-electron chi connectivity index (χ0n) is 17.5. The van der Waals surface area contributed by atoms with Gasteiger partial charge >= 0.3 is 0 Å². The van der Waals surface area contributed by atoms with Gasteiger partial charge in [-0.15, -0.1) is 11.3 Å². The lowest BCUT2D eigenvalue weighted by Gasteiger charge is -2.11. The summed E-state index contributed by atoms with van der Waals surface area (Å²) in [5.41, 5.74) is 2.12. The van der Waals surface area contributed by atoms with Gasteiger partial charge in [0, 0.05) is 22.7 Å². The quantitative estimate of drug-likeness (QED) is 0.273. The van der Waals surface area contributed by atoms with Crippen LogP contribution in [-0.4, -0.2) is 29.2 Å². The Morgan fingerprint density at radius 1 is 1.09 bits per heavy atom. The maximum Gasteiger partial charge on any atom is 0.247 e. The number of carbonyl (C=O) groups excluding carboxylic acids is 1. The molecule has 2 aromatic carbocycles. The van der Waals surface area contributed by atoms with Crippen LogP contribution in [0.2, 0.25) is 0 Å².